The Kier molecular flexibility index (Phi) is 8.26. The molecule has 0 unspecified atom stereocenters. The molecule has 3 N–H and O–H groups in total. The Bertz CT molecular complexity index is 1300. The number of nitrogens with zero attached hydrogens (tertiary/aromatic N) is 1. The van der Waals surface area contributed by atoms with E-state index >= 15 is 0 Å². The molecule has 2 aliphatic rings. The van der Waals surface area contributed by atoms with Crippen LogP contribution in [0.15, 0.2) is 52.2 Å². The highest BCUT2D eigenvalue weighted by atomic mass is 31.2. The number of aromatic nitrogens is 2. The van der Waals surface area contributed by atoms with Crippen LogP contribution in [0.3, 0.4) is 0 Å². The number of aromatic amines is 1. The summed E-state index contributed by atoms with van der Waals surface area (Å²) in [5.74, 6) is -0.442. The molecule has 4 rings (SSSR count). The number of benzene rings is 1. The van der Waals surface area contributed by atoms with Crippen LogP contribution in [-0.2, 0) is 28.1 Å². The molecule has 2 saturated heterocycles. The number of aliphatic hydroxyl groups excluding tert-OH is 1. The van der Waals surface area contributed by atoms with E-state index in [0.29, 0.717) is 0 Å². The molecule has 208 valence electrons. The third kappa shape index (κ3) is 6.09. The second-order valence-electron chi connectivity index (χ2n) is 9.66. The number of nitrogens with one attached hydrogen (secondary N) is 2. The zero-order valence-corrected chi connectivity index (χ0v) is 22.3. The molecule has 0 radical (unpaired) electrons. The van der Waals surface area contributed by atoms with Gasteiger partial charge in [0.15, 0.2) is 6.23 Å². The van der Waals surface area contributed by atoms with E-state index in [2.05, 4.69) is 10.1 Å². The second kappa shape index (κ2) is 11.1. The Labute approximate surface area is 218 Å². The number of ether oxygens (including phenoxy) is 3. The molecule has 0 saturated carbocycles. The van der Waals surface area contributed by atoms with E-state index in [1.807, 2.05) is 0 Å². The third-order valence-corrected chi connectivity index (χ3v) is 7.76. The van der Waals surface area contributed by atoms with Crippen molar-refractivity contribution in [2.24, 2.45) is 0 Å². The quantitative estimate of drug-likeness (QED) is 0.288. The minimum atomic E-state index is -4.25. The van der Waals surface area contributed by atoms with Gasteiger partial charge in [0.2, 0.25) is 0 Å². The smallest absolute Gasteiger partial charge is 0.459 e. The highest BCUT2D eigenvalue weighted by Gasteiger charge is 2.61. The molecule has 2 bridgehead atoms. The normalized spacial score (nSPS) is 29.0. The van der Waals surface area contributed by atoms with Crippen LogP contribution in [-0.4, -0.2) is 63.3 Å². The van der Waals surface area contributed by atoms with E-state index in [0.717, 1.165) is 10.6 Å². The van der Waals surface area contributed by atoms with Gasteiger partial charge in [-0.2, -0.15) is 5.09 Å². The Morgan fingerprint density at radius 3 is 2.63 bits per heavy atom. The number of para-hydroxylation sites is 1. The van der Waals surface area contributed by atoms with E-state index in [-0.39, 0.29) is 12.2 Å². The van der Waals surface area contributed by atoms with Gasteiger partial charge in [0.1, 0.15) is 29.6 Å². The van der Waals surface area contributed by atoms with Crippen molar-refractivity contribution < 1.29 is 37.7 Å². The van der Waals surface area contributed by atoms with Crippen molar-refractivity contribution in [2.75, 3.05) is 6.61 Å². The molecule has 0 aliphatic carbocycles. The van der Waals surface area contributed by atoms with Gasteiger partial charge in [-0.25, -0.2) is 9.36 Å². The lowest BCUT2D eigenvalue weighted by Crippen LogP contribution is -2.54. The summed E-state index contributed by atoms with van der Waals surface area (Å²) in [5, 5.41) is 13.8. The molecule has 7 atom stereocenters. The summed E-state index contributed by atoms with van der Waals surface area (Å²) in [6.07, 6.45) is -2.78. The van der Waals surface area contributed by atoms with Gasteiger partial charge in [0.05, 0.1) is 18.8 Å². The molecule has 14 heteroatoms. The number of hydrogen-bond acceptors (Lipinski definition) is 10. The van der Waals surface area contributed by atoms with Gasteiger partial charge in [-0.1, -0.05) is 18.2 Å². The zero-order chi connectivity index (χ0) is 27.7. The summed E-state index contributed by atoms with van der Waals surface area (Å²) in [4.78, 5) is 38.5. The summed E-state index contributed by atoms with van der Waals surface area (Å²) >= 11 is 0. The van der Waals surface area contributed by atoms with Gasteiger partial charge in [-0.3, -0.25) is 23.7 Å². The molecule has 2 aliphatic heterocycles. The molecule has 2 aromatic rings. The highest BCUT2D eigenvalue weighted by Crippen LogP contribution is 2.51. The third-order valence-electron chi connectivity index (χ3n) is 6.14. The van der Waals surface area contributed by atoms with Crippen molar-refractivity contribution in [1.29, 1.82) is 0 Å². The largest absolute Gasteiger partial charge is 0.462 e. The summed E-state index contributed by atoms with van der Waals surface area (Å²) in [7, 11) is -4.25. The standard InChI is InChI=1S/C24H32N3O10P/c1-14(2)34-22(30)16(4)26-38(32,37-17-8-6-5-7-9-17)33-13-24-12-15(3)35-19(20(24)29)21(36-24)27-11-10-18(28)25-23(27)31/h5-11,14-16,19-21,29H,12-13H2,1-4H3,(H,26,32)(H,25,28,31)/t15-,16+,19-,20+,21-,24-,38+/m1/s1. The minimum Gasteiger partial charge on any atom is -0.462 e. The Morgan fingerprint density at radius 1 is 1.26 bits per heavy atom. The predicted octanol–water partition coefficient (Wildman–Crippen LogP) is 1.48. The molecule has 38 heavy (non-hydrogen) atoms. The topological polar surface area (TPSA) is 167 Å². The molecule has 1 aromatic carbocycles. The summed E-state index contributed by atoms with van der Waals surface area (Å²) in [5.41, 5.74) is -2.77. The predicted molar refractivity (Wildman–Crippen MR) is 134 cm³/mol. The van der Waals surface area contributed by atoms with Crippen LogP contribution >= 0.6 is 7.75 Å². The van der Waals surface area contributed by atoms with E-state index in [1.54, 1.807) is 51.1 Å². The van der Waals surface area contributed by atoms with Crippen LogP contribution in [0, 0.1) is 0 Å². The maximum atomic E-state index is 13.9. The fourth-order valence-corrected chi connectivity index (χ4v) is 6.04. The van der Waals surface area contributed by atoms with Crippen molar-refractivity contribution in [3.05, 3.63) is 63.4 Å². The molecular formula is C24H32N3O10P. The number of carbonyl (C=O) groups is 1. The molecule has 2 fully saturated rings. The van der Waals surface area contributed by atoms with Gasteiger partial charge >= 0.3 is 19.4 Å². The van der Waals surface area contributed by atoms with Crippen LogP contribution in [0.5, 0.6) is 5.75 Å². The molecule has 1 aromatic heterocycles. The fourth-order valence-electron chi connectivity index (χ4n) is 4.50. The van der Waals surface area contributed by atoms with Gasteiger partial charge < -0.3 is 23.8 Å². The lowest BCUT2D eigenvalue weighted by Gasteiger charge is -2.39. The molecule has 3 heterocycles. The van der Waals surface area contributed by atoms with Crippen LogP contribution < -0.4 is 20.9 Å². The summed E-state index contributed by atoms with van der Waals surface area (Å²) < 4.78 is 43.7. The first kappa shape index (κ1) is 28.2. The van der Waals surface area contributed by atoms with E-state index in [1.165, 1.54) is 13.1 Å². The van der Waals surface area contributed by atoms with Gasteiger partial charge in [0, 0.05) is 18.7 Å². The lowest BCUT2D eigenvalue weighted by atomic mass is 9.87. The number of esters is 1. The number of carbonyl (C=O) groups excluding carboxylic acids is 1. The van der Waals surface area contributed by atoms with Crippen molar-refractivity contribution in [2.45, 2.75) is 76.4 Å². The van der Waals surface area contributed by atoms with E-state index in [4.69, 9.17) is 23.3 Å². The molecule has 13 nitrogen and oxygen atoms in total. The number of H-pyrrole nitrogens is 1. The van der Waals surface area contributed by atoms with E-state index < -0.39 is 73.9 Å². The second-order valence-corrected chi connectivity index (χ2v) is 11.4. The van der Waals surface area contributed by atoms with Crippen LogP contribution in [0.25, 0.3) is 0 Å². The maximum Gasteiger partial charge on any atom is 0.459 e. The summed E-state index contributed by atoms with van der Waals surface area (Å²) in [6, 6.07) is 8.33. The van der Waals surface area contributed by atoms with Crippen molar-refractivity contribution in [3.8, 4) is 5.75 Å². The highest BCUT2D eigenvalue weighted by molar-refractivity contribution is 7.52. The molecule has 0 spiro atoms. The van der Waals surface area contributed by atoms with Crippen LogP contribution in [0.4, 0.5) is 0 Å². The first-order chi connectivity index (χ1) is 17.9. The summed E-state index contributed by atoms with van der Waals surface area (Å²) in [6.45, 7) is 6.16. The Morgan fingerprint density at radius 2 is 1.97 bits per heavy atom. The van der Waals surface area contributed by atoms with Gasteiger partial charge in [0.25, 0.3) is 5.56 Å². The Balaban J connectivity index is 1.60. The average Bonchev–Trinajstić information content (AvgIpc) is 2.99. The van der Waals surface area contributed by atoms with Gasteiger partial charge in [-0.15, -0.1) is 0 Å². The molecule has 0 amide bonds. The maximum absolute atomic E-state index is 13.9. The lowest BCUT2D eigenvalue weighted by molar-refractivity contribution is -0.158. The van der Waals surface area contributed by atoms with Crippen LogP contribution in [0.1, 0.15) is 40.3 Å². The monoisotopic (exact) mass is 553 g/mol. The number of hydrogen-bond donors (Lipinski definition) is 3. The SMILES string of the molecule is CC(C)OC(=O)[C@H](C)N[P@](=O)(OC[C@@]12C[C@@H](C)O[C@@H]([C@H](n3ccc(=O)[nH]c3=O)O1)[C@@H]2O)Oc1ccccc1. The van der Waals surface area contributed by atoms with E-state index in [9.17, 15) is 24.1 Å². The van der Waals surface area contributed by atoms with Crippen molar-refractivity contribution in [1.82, 2.24) is 14.6 Å². The fraction of sp³-hybridized carbons (Fsp3) is 0.542. The van der Waals surface area contributed by atoms with Gasteiger partial charge in [-0.05, 0) is 39.8 Å². The first-order valence-corrected chi connectivity index (χ1v) is 13.8. The number of rotatable bonds is 10. The Hall–Kier alpha value is -2.80. The molecular weight excluding hydrogens is 521 g/mol. The number of aliphatic hydroxyl groups is 1. The van der Waals surface area contributed by atoms with Crippen molar-refractivity contribution >= 4 is 13.7 Å². The zero-order valence-electron chi connectivity index (χ0n) is 21.4. The number of fused-ring (bicyclic) bond motifs is 2. The average molecular weight is 554 g/mol. The van der Waals surface area contributed by atoms with Crippen molar-refractivity contribution in [3.63, 3.8) is 0 Å². The van der Waals surface area contributed by atoms with Crippen LogP contribution in [0.2, 0.25) is 0 Å². The minimum absolute atomic E-state index is 0.134. The first-order valence-electron chi connectivity index (χ1n) is 12.2.